The van der Waals surface area contributed by atoms with Crippen LogP contribution in [0, 0.1) is 11.6 Å². The first-order chi connectivity index (χ1) is 15.4. The number of hydrogen-bond acceptors (Lipinski definition) is 5. The molecule has 0 atom stereocenters. The molecule has 7 nitrogen and oxygen atoms in total. The molecule has 164 valence electrons. The third kappa shape index (κ3) is 5.88. The second-order valence-corrected chi connectivity index (χ2v) is 6.51. The van der Waals surface area contributed by atoms with Gasteiger partial charge < -0.3 is 20.1 Å². The van der Waals surface area contributed by atoms with Gasteiger partial charge in [-0.05, 0) is 48.5 Å². The van der Waals surface area contributed by atoms with Crippen molar-refractivity contribution >= 4 is 29.2 Å². The first kappa shape index (κ1) is 22.4. The first-order valence-electron chi connectivity index (χ1n) is 9.33. The van der Waals surface area contributed by atoms with E-state index in [0.29, 0.717) is 28.8 Å². The van der Waals surface area contributed by atoms with Crippen molar-refractivity contribution in [2.24, 2.45) is 0 Å². The summed E-state index contributed by atoms with van der Waals surface area (Å²) in [6, 6.07) is 15.2. The van der Waals surface area contributed by atoms with Crippen LogP contribution in [-0.2, 0) is 9.53 Å². The van der Waals surface area contributed by atoms with Crippen LogP contribution in [0.3, 0.4) is 0 Å². The first-order valence-corrected chi connectivity index (χ1v) is 9.33. The summed E-state index contributed by atoms with van der Waals surface area (Å²) in [5, 5.41) is 5.22. The molecule has 0 aliphatic heterocycles. The number of para-hydroxylation sites is 2. The number of halogens is 2. The van der Waals surface area contributed by atoms with E-state index in [9.17, 15) is 23.2 Å². The van der Waals surface area contributed by atoms with Crippen LogP contribution in [0.1, 0.15) is 20.7 Å². The Hall–Kier alpha value is -4.27. The molecule has 0 bridgehead atoms. The highest BCUT2D eigenvalue weighted by molar-refractivity contribution is 6.05. The molecule has 0 fully saturated rings. The molecule has 0 saturated carbocycles. The van der Waals surface area contributed by atoms with Gasteiger partial charge in [-0.15, -0.1) is 0 Å². The number of anilines is 2. The molecule has 2 N–H and O–H groups in total. The average molecular weight is 440 g/mol. The van der Waals surface area contributed by atoms with Crippen molar-refractivity contribution in [3.63, 3.8) is 0 Å². The number of esters is 1. The lowest BCUT2D eigenvalue weighted by Gasteiger charge is -2.10. The van der Waals surface area contributed by atoms with Gasteiger partial charge in [0, 0.05) is 17.3 Å². The van der Waals surface area contributed by atoms with Gasteiger partial charge in [0.05, 0.1) is 18.4 Å². The molecule has 9 heteroatoms. The topological polar surface area (TPSA) is 93.7 Å². The molecule has 0 radical (unpaired) electrons. The Morgan fingerprint density at radius 2 is 1.50 bits per heavy atom. The zero-order valence-electron chi connectivity index (χ0n) is 16.9. The van der Waals surface area contributed by atoms with Crippen LogP contribution in [0.5, 0.6) is 5.75 Å². The van der Waals surface area contributed by atoms with E-state index in [1.165, 1.54) is 31.4 Å². The fourth-order valence-corrected chi connectivity index (χ4v) is 2.73. The third-order valence-corrected chi connectivity index (χ3v) is 4.22. The molecular weight excluding hydrogens is 422 g/mol. The van der Waals surface area contributed by atoms with Gasteiger partial charge in [0.15, 0.2) is 6.61 Å². The molecule has 3 aromatic rings. The maximum Gasteiger partial charge on any atom is 0.338 e. The maximum absolute atomic E-state index is 13.2. The molecular formula is C23H18F2N2O5. The number of amides is 2. The molecule has 2 amide bonds. The standard InChI is InChI=1S/C23H18F2N2O5/c1-31-20-5-3-2-4-19(20)27-22(29)14-6-8-18(9-7-14)26-21(28)13-32-23(30)15-10-16(24)12-17(25)11-15/h2-12H,13H2,1H3,(H,26,28)(H,27,29). The van der Waals surface area contributed by atoms with E-state index in [-0.39, 0.29) is 11.5 Å². The van der Waals surface area contributed by atoms with Gasteiger partial charge in [-0.25, -0.2) is 13.6 Å². The highest BCUT2D eigenvalue weighted by Crippen LogP contribution is 2.24. The van der Waals surface area contributed by atoms with Crippen molar-refractivity contribution in [1.29, 1.82) is 0 Å². The number of rotatable bonds is 7. The van der Waals surface area contributed by atoms with Crippen LogP contribution < -0.4 is 15.4 Å². The summed E-state index contributed by atoms with van der Waals surface area (Å²) in [5.41, 5.74) is 0.864. The van der Waals surface area contributed by atoms with Crippen LogP contribution in [0.2, 0.25) is 0 Å². The van der Waals surface area contributed by atoms with E-state index in [4.69, 9.17) is 9.47 Å². The summed E-state index contributed by atoms with van der Waals surface area (Å²) >= 11 is 0. The number of carbonyl (C=O) groups excluding carboxylic acids is 3. The van der Waals surface area contributed by atoms with E-state index < -0.39 is 30.1 Å². The minimum atomic E-state index is -1.04. The summed E-state index contributed by atoms with van der Waals surface area (Å²) in [4.78, 5) is 36.2. The van der Waals surface area contributed by atoms with Crippen LogP contribution in [0.4, 0.5) is 20.2 Å². The van der Waals surface area contributed by atoms with Gasteiger partial charge >= 0.3 is 5.97 Å². The Morgan fingerprint density at radius 1 is 0.844 bits per heavy atom. The normalized spacial score (nSPS) is 10.2. The fraction of sp³-hybridized carbons (Fsp3) is 0.0870. The maximum atomic E-state index is 13.2. The molecule has 0 aliphatic carbocycles. The van der Waals surface area contributed by atoms with Crippen molar-refractivity contribution in [3.05, 3.63) is 89.5 Å². The number of methoxy groups -OCH3 is 1. The number of benzene rings is 3. The number of ether oxygens (including phenoxy) is 2. The van der Waals surface area contributed by atoms with Crippen LogP contribution in [0.25, 0.3) is 0 Å². The highest BCUT2D eigenvalue weighted by atomic mass is 19.1. The second-order valence-electron chi connectivity index (χ2n) is 6.51. The van der Waals surface area contributed by atoms with Gasteiger partial charge in [0.2, 0.25) is 0 Å². The minimum absolute atomic E-state index is 0.341. The van der Waals surface area contributed by atoms with E-state index in [2.05, 4.69) is 10.6 Å². The second kappa shape index (κ2) is 10.2. The van der Waals surface area contributed by atoms with Crippen molar-refractivity contribution in [2.75, 3.05) is 24.4 Å². The molecule has 0 aromatic heterocycles. The predicted octanol–water partition coefficient (Wildman–Crippen LogP) is 4.02. The lowest BCUT2D eigenvalue weighted by Crippen LogP contribution is -2.21. The van der Waals surface area contributed by atoms with Crippen molar-refractivity contribution in [1.82, 2.24) is 0 Å². The smallest absolute Gasteiger partial charge is 0.338 e. The lowest BCUT2D eigenvalue weighted by molar-refractivity contribution is -0.119. The Labute approximate surface area is 182 Å². The molecule has 0 spiro atoms. The Morgan fingerprint density at radius 3 is 2.16 bits per heavy atom. The molecule has 3 aromatic carbocycles. The summed E-state index contributed by atoms with van der Waals surface area (Å²) in [5.74, 6) is -3.43. The molecule has 0 heterocycles. The van der Waals surface area contributed by atoms with E-state index in [1.807, 2.05) is 0 Å². The fourth-order valence-electron chi connectivity index (χ4n) is 2.73. The van der Waals surface area contributed by atoms with Crippen molar-refractivity contribution in [2.45, 2.75) is 0 Å². The van der Waals surface area contributed by atoms with Gasteiger partial charge in [0.1, 0.15) is 17.4 Å². The molecule has 0 saturated heterocycles. The van der Waals surface area contributed by atoms with Gasteiger partial charge in [-0.2, -0.15) is 0 Å². The lowest BCUT2D eigenvalue weighted by atomic mass is 10.2. The Balaban J connectivity index is 1.54. The number of carbonyl (C=O) groups is 3. The third-order valence-electron chi connectivity index (χ3n) is 4.22. The summed E-state index contributed by atoms with van der Waals surface area (Å²) in [6.45, 7) is -0.660. The Kier molecular flexibility index (Phi) is 7.12. The monoisotopic (exact) mass is 440 g/mol. The van der Waals surface area contributed by atoms with Crippen molar-refractivity contribution in [3.8, 4) is 5.75 Å². The quantitative estimate of drug-likeness (QED) is 0.542. The highest BCUT2D eigenvalue weighted by Gasteiger charge is 2.14. The summed E-state index contributed by atoms with van der Waals surface area (Å²) in [7, 11) is 1.50. The van der Waals surface area contributed by atoms with Gasteiger partial charge in [-0.1, -0.05) is 12.1 Å². The van der Waals surface area contributed by atoms with Gasteiger partial charge in [-0.3, -0.25) is 9.59 Å². The summed E-state index contributed by atoms with van der Waals surface area (Å²) < 4.78 is 36.3. The summed E-state index contributed by atoms with van der Waals surface area (Å²) in [6.07, 6.45) is 0. The Bertz CT molecular complexity index is 1130. The van der Waals surface area contributed by atoms with Crippen LogP contribution >= 0.6 is 0 Å². The number of hydrogen-bond donors (Lipinski definition) is 2. The van der Waals surface area contributed by atoms with Gasteiger partial charge in [0.25, 0.3) is 11.8 Å². The average Bonchev–Trinajstić information content (AvgIpc) is 2.77. The molecule has 0 aliphatic rings. The molecule has 32 heavy (non-hydrogen) atoms. The van der Waals surface area contributed by atoms with E-state index in [0.717, 1.165) is 12.1 Å². The van der Waals surface area contributed by atoms with E-state index in [1.54, 1.807) is 24.3 Å². The molecule has 0 unspecified atom stereocenters. The van der Waals surface area contributed by atoms with E-state index >= 15 is 0 Å². The zero-order chi connectivity index (χ0) is 23.1. The number of nitrogens with one attached hydrogen (secondary N) is 2. The largest absolute Gasteiger partial charge is 0.495 e. The van der Waals surface area contributed by atoms with Crippen LogP contribution in [-0.4, -0.2) is 31.5 Å². The van der Waals surface area contributed by atoms with Crippen LogP contribution in [0.15, 0.2) is 66.7 Å². The molecule has 3 rings (SSSR count). The zero-order valence-corrected chi connectivity index (χ0v) is 16.9. The van der Waals surface area contributed by atoms with Crippen molar-refractivity contribution < 1.29 is 32.6 Å². The predicted molar refractivity (Wildman–Crippen MR) is 113 cm³/mol. The minimum Gasteiger partial charge on any atom is -0.495 e. The SMILES string of the molecule is COc1ccccc1NC(=O)c1ccc(NC(=O)COC(=O)c2cc(F)cc(F)c2)cc1.